The van der Waals surface area contributed by atoms with Crippen molar-refractivity contribution < 1.29 is 19.4 Å². The normalized spacial score (nSPS) is 28.4. The fraction of sp³-hybridized carbons (Fsp3) is 0.875. The minimum absolute atomic E-state index is 0.0112. The minimum atomic E-state index is -0.460. The second kappa shape index (κ2) is 8.49. The molecule has 0 aromatic rings. The summed E-state index contributed by atoms with van der Waals surface area (Å²) in [7, 11) is 3.43. The maximum atomic E-state index is 12.1. The van der Waals surface area contributed by atoms with E-state index in [1.807, 2.05) is 0 Å². The van der Waals surface area contributed by atoms with Crippen molar-refractivity contribution in [2.24, 2.45) is 0 Å². The van der Waals surface area contributed by atoms with E-state index in [0.29, 0.717) is 19.3 Å². The first-order valence-corrected chi connectivity index (χ1v) is 8.53. The molecule has 23 heavy (non-hydrogen) atoms. The van der Waals surface area contributed by atoms with Gasteiger partial charge in [-0.25, -0.2) is 4.79 Å². The number of carbonyl (C=O) groups excluding carboxylic acids is 2. The molecular weight excluding hydrogens is 298 g/mol. The van der Waals surface area contributed by atoms with Crippen molar-refractivity contribution in [1.82, 2.24) is 15.5 Å². The molecule has 1 heterocycles. The van der Waals surface area contributed by atoms with Gasteiger partial charge >= 0.3 is 6.03 Å². The molecule has 3 N–H and O–H groups in total. The summed E-state index contributed by atoms with van der Waals surface area (Å²) >= 11 is 0. The number of nitrogens with one attached hydrogen (secondary N) is 2. The molecule has 132 valence electrons. The van der Waals surface area contributed by atoms with Crippen LogP contribution < -0.4 is 10.6 Å². The van der Waals surface area contributed by atoms with Crippen LogP contribution in [0.15, 0.2) is 0 Å². The lowest BCUT2D eigenvalue weighted by Crippen LogP contribution is -2.54. The van der Waals surface area contributed by atoms with E-state index in [1.54, 1.807) is 14.1 Å². The Morgan fingerprint density at radius 1 is 1.13 bits per heavy atom. The molecular formula is C16H29N3O4. The highest BCUT2D eigenvalue weighted by Gasteiger charge is 2.33. The first-order valence-electron chi connectivity index (χ1n) is 8.53. The van der Waals surface area contributed by atoms with Gasteiger partial charge in [-0.2, -0.15) is 0 Å². The van der Waals surface area contributed by atoms with Crippen LogP contribution in [0.2, 0.25) is 0 Å². The van der Waals surface area contributed by atoms with Gasteiger partial charge in [0.05, 0.1) is 25.2 Å². The fourth-order valence-corrected chi connectivity index (χ4v) is 3.29. The average molecular weight is 327 g/mol. The van der Waals surface area contributed by atoms with Gasteiger partial charge in [0.1, 0.15) is 6.10 Å². The Hall–Kier alpha value is -1.34. The van der Waals surface area contributed by atoms with Crippen molar-refractivity contribution in [3.05, 3.63) is 0 Å². The quantitative estimate of drug-likeness (QED) is 0.690. The number of rotatable bonds is 5. The Morgan fingerprint density at radius 3 is 2.43 bits per heavy atom. The third-order valence-corrected chi connectivity index (χ3v) is 4.70. The molecule has 3 atom stereocenters. The zero-order valence-electron chi connectivity index (χ0n) is 14.1. The lowest BCUT2D eigenvalue weighted by atomic mass is 9.97. The average Bonchev–Trinajstić information content (AvgIpc) is 3.01. The molecule has 2 fully saturated rings. The van der Waals surface area contributed by atoms with Gasteiger partial charge in [0.2, 0.25) is 5.91 Å². The van der Waals surface area contributed by atoms with E-state index in [9.17, 15) is 14.7 Å². The largest absolute Gasteiger partial charge is 0.394 e. The summed E-state index contributed by atoms with van der Waals surface area (Å²) in [4.78, 5) is 25.4. The Balaban J connectivity index is 1.79. The highest BCUT2D eigenvalue weighted by atomic mass is 16.5. The van der Waals surface area contributed by atoms with Crippen LogP contribution in [0.5, 0.6) is 0 Å². The Kier molecular flexibility index (Phi) is 6.65. The Labute approximate surface area is 137 Å². The molecule has 7 heteroatoms. The van der Waals surface area contributed by atoms with Gasteiger partial charge in [-0.1, -0.05) is 12.8 Å². The van der Waals surface area contributed by atoms with Crippen LogP contribution in [0.25, 0.3) is 0 Å². The van der Waals surface area contributed by atoms with Gasteiger partial charge in [-0.3, -0.25) is 4.79 Å². The Bertz CT molecular complexity index is 410. The van der Waals surface area contributed by atoms with Crippen LogP contribution in [0.4, 0.5) is 4.79 Å². The molecule has 0 aromatic carbocycles. The van der Waals surface area contributed by atoms with Crippen LogP contribution in [0, 0.1) is 0 Å². The molecule has 7 nitrogen and oxygen atoms in total. The van der Waals surface area contributed by atoms with Crippen LogP contribution in [-0.4, -0.2) is 66.9 Å². The summed E-state index contributed by atoms with van der Waals surface area (Å²) < 4.78 is 5.80. The van der Waals surface area contributed by atoms with Crippen molar-refractivity contribution in [3.63, 3.8) is 0 Å². The molecule has 1 aliphatic carbocycles. The standard InChI is InChI=1S/C16H29N3O4/c1-19(2)15(21)9-12-7-8-13(14(10-20)23-12)18-16(22)17-11-5-3-4-6-11/h11-14,20H,3-10H2,1-2H3,(H2,17,18,22)/t12-,13+,14-/m1/s1. The van der Waals surface area contributed by atoms with E-state index >= 15 is 0 Å². The van der Waals surface area contributed by atoms with Gasteiger partial charge in [-0.15, -0.1) is 0 Å². The third-order valence-electron chi connectivity index (χ3n) is 4.70. The number of urea groups is 1. The molecule has 3 amide bonds. The SMILES string of the molecule is CN(C)C(=O)C[C@H]1CC[C@H](NC(=O)NC2CCCC2)[C@@H](CO)O1. The van der Waals surface area contributed by atoms with Crippen molar-refractivity contribution >= 4 is 11.9 Å². The van der Waals surface area contributed by atoms with E-state index in [4.69, 9.17) is 4.74 Å². The summed E-state index contributed by atoms with van der Waals surface area (Å²) in [5.41, 5.74) is 0. The number of nitrogens with zero attached hydrogens (tertiary/aromatic N) is 1. The second-order valence-electron chi connectivity index (χ2n) is 6.75. The van der Waals surface area contributed by atoms with Crippen LogP contribution in [0.3, 0.4) is 0 Å². The number of aliphatic hydroxyl groups is 1. The monoisotopic (exact) mass is 327 g/mol. The number of carbonyl (C=O) groups is 2. The van der Waals surface area contributed by atoms with Gasteiger partial charge < -0.3 is 25.4 Å². The van der Waals surface area contributed by atoms with E-state index in [-0.39, 0.29) is 36.7 Å². The van der Waals surface area contributed by atoms with Crippen molar-refractivity contribution in [3.8, 4) is 0 Å². The predicted molar refractivity (Wildman–Crippen MR) is 86.0 cm³/mol. The fourth-order valence-electron chi connectivity index (χ4n) is 3.29. The van der Waals surface area contributed by atoms with E-state index < -0.39 is 6.10 Å². The summed E-state index contributed by atoms with van der Waals surface area (Å²) in [5.74, 6) is 0.0112. The zero-order valence-corrected chi connectivity index (χ0v) is 14.1. The number of ether oxygens (including phenoxy) is 1. The zero-order chi connectivity index (χ0) is 16.8. The minimum Gasteiger partial charge on any atom is -0.394 e. The molecule has 1 saturated heterocycles. The summed E-state index contributed by atoms with van der Waals surface area (Å²) in [6.45, 7) is -0.166. The molecule has 0 aromatic heterocycles. The van der Waals surface area contributed by atoms with Crippen LogP contribution in [-0.2, 0) is 9.53 Å². The first kappa shape index (κ1) is 18.0. The molecule has 1 saturated carbocycles. The van der Waals surface area contributed by atoms with Crippen LogP contribution >= 0.6 is 0 Å². The number of aliphatic hydroxyl groups excluding tert-OH is 1. The lowest BCUT2D eigenvalue weighted by Gasteiger charge is -2.36. The first-order chi connectivity index (χ1) is 11.0. The van der Waals surface area contributed by atoms with Crippen molar-refractivity contribution in [1.29, 1.82) is 0 Å². The molecule has 0 spiro atoms. The predicted octanol–water partition coefficient (Wildman–Crippen LogP) is 0.615. The van der Waals surface area contributed by atoms with Gasteiger partial charge in [-0.05, 0) is 25.7 Å². The van der Waals surface area contributed by atoms with E-state index in [2.05, 4.69) is 10.6 Å². The maximum Gasteiger partial charge on any atom is 0.315 e. The number of amides is 3. The topological polar surface area (TPSA) is 90.9 Å². The highest BCUT2D eigenvalue weighted by Crippen LogP contribution is 2.23. The number of hydrogen-bond donors (Lipinski definition) is 3. The highest BCUT2D eigenvalue weighted by molar-refractivity contribution is 5.76. The molecule has 1 aliphatic heterocycles. The van der Waals surface area contributed by atoms with Gasteiger partial charge in [0.15, 0.2) is 0 Å². The van der Waals surface area contributed by atoms with Crippen molar-refractivity contribution in [2.45, 2.75) is 69.2 Å². The third kappa shape index (κ3) is 5.35. The second-order valence-corrected chi connectivity index (χ2v) is 6.75. The van der Waals surface area contributed by atoms with E-state index in [1.165, 1.54) is 17.7 Å². The van der Waals surface area contributed by atoms with Crippen molar-refractivity contribution in [2.75, 3.05) is 20.7 Å². The smallest absolute Gasteiger partial charge is 0.315 e. The van der Waals surface area contributed by atoms with Crippen LogP contribution in [0.1, 0.15) is 44.9 Å². The Morgan fingerprint density at radius 2 is 1.83 bits per heavy atom. The summed E-state index contributed by atoms with van der Waals surface area (Å²) in [6.07, 6.45) is 5.45. The summed E-state index contributed by atoms with van der Waals surface area (Å²) in [6, 6.07) is -0.142. The summed E-state index contributed by atoms with van der Waals surface area (Å²) in [5, 5.41) is 15.4. The molecule has 0 radical (unpaired) electrons. The van der Waals surface area contributed by atoms with Gasteiger partial charge in [0, 0.05) is 20.1 Å². The maximum absolute atomic E-state index is 12.1. The lowest BCUT2D eigenvalue weighted by molar-refractivity contribution is -0.137. The number of hydrogen-bond acceptors (Lipinski definition) is 4. The molecule has 2 aliphatic rings. The van der Waals surface area contributed by atoms with E-state index in [0.717, 1.165) is 12.8 Å². The molecule has 2 rings (SSSR count). The van der Waals surface area contributed by atoms with Gasteiger partial charge in [0.25, 0.3) is 0 Å². The molecule has 0 bridgehead atoms. The molecule has 0 unspecified atom stereocenters.